The third-order valence-electron chi connectivity index (χ3n) is 11.8. The van der Waals surface area contributed by atoms with Crippen LogP contribution in [0.2, 0.25) is 0 Å². The molecule has 1 saturated heterocycles. The van der Waals surface area contributed by atoms with Gasteiger partial charge < -0.3 is 45.4 Å². The van der Waals surface area contributed by atoms with Crippen LogP contribution in [0.15, 0.2) is 36.5 Å². The predicted molar refractivity (Wildman–Crippen MR) is 246 cm³/mol. The zero-order chi connectivity index (χ0) is 43.9. The monoisotopic (exact) mass is 852 g/mol. The first kappa shape index (κ1) is 56.4. The van der Waals surface area contributed by atoms with Gasteiger partial charge in [0.15, 0.2) is 6.29 Å². The summed E-state index contributed by atoms with van der Waals surface area (Å²) in [5, 5.41) is 64.8. The number of aliphatic hydroxyl groups is 6. The highest BCUT2D eigenvalue weighted by Gasteiger charge is 2.44. The van der Waals surface area contributed by atoms with Gasteiger partial charge in [-0.2, -0.15) is 0 Å². The molecule has 1 heterocycles. The third kappa shape index (κ3) is 29.6. The molecule has 10 heteroatoms. The molecule has 8 unspecified atom stereocenters. The van der Waals surface area contributed by atoms with Crippen molar-refractivity contribution < 1.29 is 44.9 Å². The summed E-state index contributed by atoms with van der Waals surface area (Å²) in [6, 6.07) is -0.981. The molecule has 0 aromatic rings. The van der Waals surface area contributed by atoms with E-state index >= 15 is 0 Å². The van der Waals surface area contributed by atoms with Crippen LogP contribution in [0.4, 0.5) is 0 Å². The molecule has 1 aliphatic rings. The van der Waals surface area contributed by atoms with Crippen LogP contribution < -0.4 is 5.32 Å². The Morgan fingerprint density at radius 3 is 1.48 bits per heavy atom. The van der Waals surface area contributed by atoms with Crippen molar-refractivity contribution in [3.05, 3.63) is 36.5 Å². The topological polar surface area (TPSA) is 169 Å². The lowest BCUT2D eigenvalue weighted by atomic mass is 9.99. The molecule has 0 radical (unpaired) electrons. The summed E-state index contributed by atoms with van der Waals surface area (Å²) in [5.74, 6) is -0.620. The van der Waals surface area contributed by atoms with Crippen LogP contribution in [0.5, 0.6) is 0 Å². The molecule has 0 bridgehead atoms. The van der Waals surface area contributed by atoms with Crippen LogP contribution in [0.1, 0.15) is 213 Å². The molecule has 1 fully saturated rings. The van der Waals surface area contributed by atoms with E-state index in [2.05, 4.69) is 43.5 Å². The first-order valence-electron chi connectivity index (χ1n) is 24.8. The van der Waals surface area contributed by atoms with Gasteiger partial charge in [-0.15, -0.1) is 0 Å². The van der Waals surface area contributed by atoms with Crippen molar-refractivity contribution in [2.24, 2.45) is 0 Å². The van der Waals surface area contributed by atoms with Crippen molar-refractivity contribution in [3.63, 3.8) is 0 Å². The van der Waals surface area contributed by atoms with Crippen LogP contribution in [-0.4, -0.2) is 98.7 Å². The Balaban J connectivity index is 2.38. The maximum atomic E-state index is 13.1. The fourth-order valence-corrected chi connectivity index (χ4v) is 7.74. The zero-order valence-corrected chi connectivity index (χ0v) is 38.3. The maximum absolute atomic E-state index is 13.1. The van der Waals surface area contributed by atoms with Crippen molar-refractivity contribution in [3.8, 4) is 0 Å². The minimum absolute atomic E-state index is 0.304. The minimum Gasteiger partial charge on any atom is -0.394 e. The summed E-state index contributed by atoms with van der Waals surface area (Å²) in [7, 11) is 0. The molecule has 0 spiro atoms. The largest absolute Gasteiger partial charge is 0.394 e. The van der Waals surface area contributed by atoms with Crippen LogP contribution >= 0.6 is 0 Å². The Morgan fingerprint density at radius 2 is 1.00 bits per heavy atom. The summed E-state index contributed by atoms with van der Waals surface area (Å²) in [6.45, 7) is 3.59. The lowest BCUT2D eigenvalue weighted by molar-refractivity contribution is -0.302. The molecule has 8 atom stereocenters. The lowest BCUT2D eigenvalue weighted by Crippen LogP contribution is -2.60. The molecular weight excluding hydrogens is 759 g/mol. The van der Waals surface area contributed by atoms with Crippen molar-refractivity contribution in [1.82, 2.24) is 5.32 Å². The summed E-state index contributed by atoms with van der Waals surface area (Å²) in [6.07, 6.45) is 39.3. The van der Waals surface area contributed by atoms with E-state index in [1.165, 1.54) is 141 Å². The third-order valence-corrected chi connectivity index (χ3v) is 11.8. The second kappa shape index (κ2) is 40.2. The Kier molecular flexibility index (Phi) is 37.7. The quantitative estimate of drug-likeness (QED) is 0.0180. The molecule has 0 aromatic carbocycles. The van der Waals surface area contributed by atoms with Crippen molar-refractivity contribution in [1.29, 1.82) is 0 Å². The number of carbonyl (C=O) groups is 1. The van der Waals surface area contributed by atoms with E-state index in [4.69, 9.17) is 9.47 Å². The van der Waals surface area contributed by atoms with Crippen LogP contribution in [0.3, 0.4) is 0 Å². The van der Waals surface area contributed by atoms with Gasteiger partial charge in [0, 0.05) is 0 Å². The summed E-state index contributed by atoms with van der Waals surface area (Å²) in [5.41, 5.74) is 0. The Labute approximate surface area is 366 Å². The van der Waals surface area contributed by atoms with Gasteiger partial charge in [0.2, 0.25) is 5.91 Å². The molecular formula is C50H93NO9. The first-order chi connectivity index (χ1) is 29.3. The number of ether oxygens (including phenoxy) is 2. The van der Waals surface area contributed by atoms with E-state index in [9.17, 15) is 35.4 Å². The van der Waals surface area contributed by atoms with E-state index in [0.29, 0.717) is 12.8 Å². The van der Waals surface area contributed by atoms with Gasteiger partial charge in [0.05, 0.1) is 25.4 Å². The molecule has 1 aliphatic heterocycles. The zero-order valence-electron chi connectivity index (χ0n) is 38.3. The Hall–Kier alpha value is -1.63. The standard InChI is InChI=1S/C50H93NO9/c1-3-5-7-9-11-13-15-17-19-21-23-25-27-29-31-33-35-37-39-44(54)49(58)51-42(41-59-50-48(57)47(56)46(55)45(40-52)60-50)43(53)38-36-34-32-30-28-26-24-22-20-18-16-14-12-10-8-6-4-2/h11,13,15,17,36,38,42-48,50,52-57H,3-10,12,14,16,18-35,37,39-41H2,1-2H3,(H,51,58)/b13-11-,17-15-,38-36+. The van der Waals surface area contributed by atoms with Gasteiger partial charge >= 0.3 is 0 Å². The number of nitrogens with one attached hydrogen (secondary N) is 1. The van der Waals surface area contributed by atoms with Gasteiger partial charge in [0.1, 0.15) is 30.5 Å². The summed E-state index contributed by atoms with van der Waals surface area (Å²) < 4.78 is 11.2. The molecule has 0 aromatic heterocycles. The number of aliphatic hydroxyl groups excluding tert-OH is 6. The smallest absolute Gasteiger partial charge is 0.249 e. The number of hydrogen-bond donors (Lipinski definition) is 7. The number of hydrogen-bond acceptors (Lipinski definition) is 9. The van der Waals surface area contributed by atoms with Crippen LogP contribution in [0, 0.1) is 0 Å². The molecule has 60 heavy (non-hydrogen) atoms. The van der Waals surface area contributed by atoms with Gasteiger partial charge in [-0.05, 0) is 44.9 Å². The van der Waals surface area contributed by atoms with Crippen molar-refractivity contribution >= 4 is 5.91 Å². The van der Waals surface area contributed by atoms with Gasteiger partial charge in [-0.25, -0.2) is 0 Å². The Bertz CT molecular complexity index is 1050. The molecule has 352 valence electrons. The lowest BCUT2D eigenvalue weighted by Gasteiger charge is -2.40. The average molecular weight is 852 g/mol. The number of carbonyl (C=O) groups excluding carboxylic acids is 1. The Morgan fingerprint density at radius 1 is 0.583 bits per heavy atom. The number of rotatable bonds is 41. The van der Waals surface area contributed by atoms with Crippen LogP contribution in [-0.2, 0) is 14.3 Å². The van der Waals surface area contributed by atoms with E-state index in [0.717, 1.165) is 44.9 Å². The van der Waals surface area contributed by atoms with Crippen LogP contribution in [0.25, 0.3) is 0 Å². The average Bonchev–Trinajstić information content (AvgIpc) is 3.25. The maximum Gasteiger partial charge on any atom is 0.249 e. The number of unbranched alkanes of at least 4 members (excludes halogenated alkanes) is 27. The van der Waals surface area contributed by atoms with E-state index < -0.39 is 61.5 Å². The number of allylic oxidation sites excluding steroid dienone is 5. The van der Waals surface area contributed by atoms with Crippen molar-refractivity contribution in [2.45, 2.75) is 262 Å². The molecule has 1 rings (SSSR count). The fourth-order valence-electron chi connectivity index (χ4n) is 7.74. The van der Waals surface area contributed by atoms with E-state index in [1.807, 2.05) is 6.08 Å². The molecule has 10 nitrogen and oxygen atoms in total. The molecule has 7 N–H and O–H groups in total. The van der Waals surface area contributed by atoms with Crippen molar-refractivity contribution in [2.75, 3.05) is 13.2 Å². The second-order valence-electron chi connectivity index (χ2n) is 17.4. The SMILES string of the molecule is CCCCC/C=C\C=C/CCCCCCCCCCCC(O)C(=O)NC(COC1OC(CO)C(O)C(O)C1O)C(O)/C=C/CCCCCCCCCCCCCCCCC. The summed E-state index contributed by atoms with van der Waals surface area (Å²) >= 11 is 0. The highest BCUT2D eigenvalue weighted by atomic mass is 16.7. The second-order valence-corrected chi connectivity index (χ2v) is 17.4. The van der Waals surface area contributed by atoms with Gasteiger partial charge in [-0.3, -0.25) is 4.79 Å². The normalized spacial score (nSPS) is 21.4. The van der Waals surface area contributed by atoms with Gasteiger partial charge in [0.25, 0.3) is 0 Å². The molecule has 0 saturated carbocycles. The van der Waals surface area contributed by atoms with E-state index in [-0.39, 0.29) is 6.61 Å². The highest BCUT2D eigenvalue weighted by Crippen LogP contribution is 2.23. The fraction of sp³-hybridized carbons (Fsp3) is 0.860. The van der Waals surface area contributed by atoms with Gasteiger partial charge in [-0.1, -0.05) is 204 Å². The highest BCUT2D eigenvalue weighted by molar-refractivity contribution is 5.80. The molecule has 0 aliphatic carbocycles. The first-order valence-corrected chi connectivity index (χ1v) is 24.8. The summed E-state index contributed by atoms with van der Waals surface area (Å²) in [4.78, 5) is 13.1. The molecule has 1 amide bonds. The minimum atomic E-state index is -1.61. The number of amides is 1. The predicted octanol–water partition coefficient (Wildman–Crippen LogP) is 9.81. The van der Waals surface area contributed by atoms with E-state index in [1.54, 1.807) is 6.08 Å².